The van der Waals surface area contributed by atoms with Gasteiger partial charge in [0.05, 0.1) is 0 Å². The number of benzene rings is 2. The van der Waals surface area contributed by atoms with Gasteiger partial charge in [0.1, 0.15) is 12.6 Å². The summed E-state index contributed by atoms with van der Waals surface area (Å²) in [4.78, 5) is 29.3. The summed E-state index contributed by atoms with van der Waals surface area (Å²) >= 11 is 0. The fourth-order valence-corrected chi connectivity index (χ4v) is 4.81. The van der Waals surface area contributed by atoms with Gasteiger partial charge >= 0.3 is 0 Å². The van der Waals surface area contributed by atoms with E-state index in [0.29, 0.717) is 37.7 Å². The standard InChI is InChI=1S/C28H36N2O5/c1-2-33-19-11-18-30(28(32)25-20-34-23-16-9-10-17-24(23)35-25)26(21-12-5-3-6-13-21)27(31)29-22-14-7-4-8-15-22/h3,5-6,9-10,12-13,16-17,22,25-26H,2,4,7-8,11,14-15,18-20H2,1H3,(H,29,31). The van der Waals surface area contributed by atoms with Gasteiger partial charge in [0, 0.05) is 25.8 Å². The molecule has 2 aromatic rings. The van der Waals surface area contributed by atoms with Crippen LogP contribution in [0.3, 0.4) is 0 Å². The predicted octanol–water partition coefficient (Wildman–Crippen LogP) is 4.27. The molecular weight excluding hydrogens is 444 g/mol. The Kier molecular flexibility index (Phi) is 9.01. The van der Waals surface area contributed by atoms with Gasteiger partial charge in [-0.3, -0.25) is 9.59 Å². The predicted molar refractivity (Wildman–Crippen MR) is 133 cm³/mol. The minimum Gasteiger partial charge on any atom is -0.485 e. The zero-order chi connectivity index (χ0) is 24.5. The van der Waals surface area contributed by atoms with E-state index in [0.717, 1.165) is 31.2 Å². The van der Waals surface area contributed by atoms with Gasteiger partial charge < -0.3 is 24.4 Å². The van der Waals surface area contributed by atoms with Gasteiger partial charge in [-0.05, 0) is 43.9 Å². The highest BCUT2D eigenvalue weighted by molar-refractivity contribution is 5.91. The highest BCUT2D eigenvalue weighted by Crippen LogP contribution is 2.32. The maximum Gasteiger partial charge on any atom is 0.268 e. The molecule has 0 aromatic heterocycles. The van der Waals surface area contributed by atoms with Gasteiger partial charge in [-0.1, -0.05) is 61.7 Å². The van der Waals surface area contributed by atoms with E-state index in [1.165, 1.54) is 6.42 Å². The minimum absolute atomic E-state index is 0.101. The van der Waals surface area contributed by atoms with Crippen molar-refractivity contribution in [2.45, 2.75) is 63.6 Å². The molecule has 1 aliphatic heterocycles. The molecule has 1 aliphatic carbocycles. The molecule has 2 aliphatic rings. The molecular formula is C28H36N2O5. The molecule has 1 N–H and O–H groups in total. The molecule has 4 rings (SSSR count). The second-order valence-electron chi connectivity index (χ2n) is 9.10. The van der Waals surface area contributed by atoms with Crippen LogP contribution in [0.1, 0.15) is 57.1 Å². The highest BCUT2D eigenvalue weighted by Gasteiger charge is 2.38. The molecule has 7 heteroatoms. The normalized spacial score (nSPS) is 18.5. The van der Waals surface area contributed by atoms with Crippen molar-refractivity contribution in [2.24, 2.45) is 0 Å². The number of amides is 2. The molecule has 0 bridgehead atoms. The summed E-state index contributed by atoms with van der Waals surface area (Å²) in [5, 5.41) is 3.24. The first-order valence-electron chi connectivity index (χ1n) is 12.8. The summed E-state index contributed by atoms with van der Waals surface area (Å²) in [6.07, 6.45) is 5.17. The number of hydrogen-bond acceptors (Lipinski definition) is 5. The van der Waals surface area contributed by atoms with Gasteiger partial charge in [-0.15, -0.1) is 0 Å². The fraction of sp³-hybridized carbons (Fsp3) is 0.500. The first-order chi connectivity index (χ1) is 17.2. The van der Waals surface area contributed by atoms with E-state index in [4.69, 9.17) is 14.2 Å². The minimum atomic E-state index is -0.828. The monoisotopic (exact) mass is 480 g/mol. The summed E-state index contributed by atoms with van der Waals surface area (Å²) in [5.41, 5.74) is 0.780. The van der Waals surface area contributed by atoms with Gasteiger partial charge in [0.2, 0.25) is 12.0 Å². The van der Waals surface area contributed by atoms with Crippen molar-refractivity contribution in [3.05, 3.63) is 60.2 Å². The van der Waals surface area contributed by atoms with E-state index in [1.54, 1.807) is 11.0 Å². The Labute approximate surface area is 207 Å². The van der Waals surface area contributed by atoms with E-state index in [-0.39, 0.29) is 24.5 Å². The quantitative estimate of drug-likeness (QED) is 0.514. The lowest BCUT2D eigenvalue weighted by Gasteiger charge is -2.36. The number of carbonyl (C=O) groups is 2. The van der Waals surface area contributed by atoms with Crippen LogP contribution in [-0.4, -0.2) is 55.2 Å². The number of ether oxygens (including phenoxy) is 3. The molecule has 2 aromatic carbocycles. The number of hydrogen-bond donors (Lipinski definition) is 1. The molecule has 2 atom stereocenters. The molecule has 1 fully saturated rings. The first kappa shape index (κ1) is 25.0. The zero-order valence-corrected chi connectivity index (χ0v) is 20.5. The average Bonchev–Trinajstić information content (AvgIpc) is 2.90. The van der Waals surface area contributed by atoms with Crippen molar-refractivity contribution in [1.29, 1.82) is 0 Å². The summed E-state index contributed by atoms with van der Waals surface area (Å²) < 4.78 is 17.4. The van der Waals surface area contributed by atoms with Gasteiger partial charge in [0.15, 0.2) is 11.5 Å². The lowest BCUT2D eigenvalue weighted by molar-refractivity contribution is -0.149. The van der Waals surface area contributed by atoms with Gasteiger partial charge in [-0.2, -0.15) is 0 Å². The van der Waals surface area contributed by atoms with Crippen LogP contribution in [0.25, 0.3) is 0 Å². The Morgan fingerprint density at radius 3 is 2.49 bits per heavy atom. The SMILES string of the molecule is CCOCCCN(C(=O)C1COc2ccccc2O1)C(C(=O)NC1CCCCC1)c1ccccc1. The van der Waals surface area contributed by atoms with Crippen molar-refractivity contribution in [2.75, 3.05) is 26.4 Å². The number of rotatable bonds is 10. The highest BCUT2D eigenvalue weighted by atomic mass is 16.6. The molecule has 2 unspecified atom stereocenters. The number of nitrogens with one attached hydrogen (secondary N) is 1. The summed E-state index contributed by atoms with van der Waals surface area (Å²) in [7, 11) is 0. The Morgan fingerprint density at radius 2 is 1.74 bits per heavy atom. The van der Waals surface area contributed by atoms with Crippen LogP contribution in [0.2, 0.25) is 0 Å². The molecule has 0 saturated heterocycles. The van der Waals surface area contributed by atoms with E-state index < -0.39 is 12.1 Å². The molecule has 35 heavy (non-hydrogen) atoms. The Balaban J connectivity index is 1.59. The van der Waals surface area contributed by atoms with E-state index >= 15 is 0 Å². The molecule has 188 valence electrons. The van der Waals surface area contributed by atoms with Crippen LogP contribution in [-0.2, 0) is 14.3 Å². The Bertz CT molecular complexity index is 961. The van der Waals surface area contributed by atoms with Crippen LogP contribution in [0.15, 0.2) is 54.6 Å². The lowest BCUT2D eigenvalue weighted by atomic mass is 9.94. The maximum atomic E-state index is 13.9. The first-order valence-corrected chi connectivity index (χ1v) is 12.8. The van der Waals surface area contributed by atoms with Crippen molar-refractivity contribution < 1.29 is 23.8 Å². The van der Waals surface area contributed by atoms with Crippen LogP contribution in [0.5, 0.6) is 11.5 Å². The van der Waals surface area contributed by atoms with Gasteiger partial charge in [0.25, 0.3) is 5.91 Å². The number of fused-ring (bicyclic) bond motifs is 1. The molecule has 0 radical (unpaired) electrons. The molecule has 0 spiro atoms. The van der Waals surface area contributed by atoms with Crippen molar-refractivity contribution in [1.82, 2.24) is 10.2 Å². The molecule has 2 amide bonds. The summed E-state index contributed by atoms with van der Waals surface area (Å²) in [6, 6.07) is 16.2. The summed E-state index contributed by atoms with van der Waals surface area (Å²) in [6.45, 7) is 3.53. The molecule has 1 saturated carbocycles. The number of nitrogens with zero attached hydrogens (tertiary/aromatic N) is 1. The molecule has 7 nitrogen and oxygen atoms in total. The van der Waals surface area contributed by atoms with Crippen LogP contribution < -0.4 is 14.8 Å². The van der Waals surface area contributed by atoms with Crippen LogP contribution in [0.4, 0.5) is 0 Å². The fourth-order valence-electron chi connectivity index (χ4n) is 4.81. The second kappa shape index (κ2) is 12.6. The van der Waals surface area contributed by atoms with Crippen molar-refractivity contribution in [3.63, 3.8) is 0 Å². The number of para-hydroxylation sites is 2. The third-order valence-corrected chi connectivity index (χ3v) is 6.59. The topological polar surface area (TPSA) is 77.1 Å². The third kappa shape index (κ3) is 6.54. The van der Waals surface area contributed by atoms with Crippen LogP contribution in [0, 0.1) is 0 Å². The lowest BCUT2D eigenvalue weighted by Crippen LogP contribution is -2.52. The number of carbonyl (C=O) groups excluding carboxylic acids is 2. The van der Waals surface area contributed by atoms with Crippen molar-refractivity contribution >= 4 is 11.8 Å². The van der Waals surface area contributed by atoms with Crippen molar-refractivity contribution in [3.8, 4) is 11.5 Å². The van der Waals surface area contributed by atoms with Gasteiger partial charge in [-0.25, -0.2) is 0 Å². The zero-order valence-electron chi connectivity index (χ0n) is 20.5. The largest absolute Gasteiger partial charge is 0.485 e. The average molecular weight is 481 g/mol. The maximum absolute atomic E-state index is 13.9. The summed E-state index contributed by atoms with van der Waals surface area (Å²) in [5.74, 6) is 0.747. The van der Waals surface area contributed by atoms with E-state index in [1.807, 2.05) is 55.5 Å². The van der Waals surface area contributed by atoms with Crippen LogP contribution >= 0.6 is 0 Å². The molecule has 1 heterocycles. The Morgan fingerprint density at radius 1 is 1.03 bits per heavy atom. The third-order valence-electron chi connectivity index (χ3n) is 6.59. The van der Waals surface area contributed by atoms with E-state index in [2.05, 4.69) is 5.32 Å². The smallest absolute Gasteiger partial charge is 0.268 e. The second-order valence-corrected chi connectivity index (χ2v) is 9.10. The Hall–Kier alpha value is -3.06. The van der Waals surface area contributed by atoms with E-state index in [9.17, 15) is 9.59 Å².